The SMILES string of the molecule is CC1(C)c2cc(-c3cccc4c5ccc6ccccc6c5n(-c5nc(-c6ccccc6)c6sc7ccccc7c6n5)c34)ccc2-c2c1ccc1ccccc21. The Kier molecular flexibility index (Phi) is 6.27. The molecule has 3 nitrogen and oxygen atoms in total. The minimum absolute atomic E-state index is 0.153. The number of hydrogen-bond donors (Lipinski definition) is 0. The molecule has 0 N–H and O–H groups in total. The van der Waals surface area contributed by atoms with Crippen molar-refractivity contribution in [3.05, 3.63) is 175 Å². The number of hydrogen-bond acceptors (Lipinski definition) is 3. The van der Waals surface area contributed by atoms with Crippen LogP contribution >= 0.6 is 11.3 Å². The molecule has 3 heterocycles. The number of thiophene rings is 1. The van der Waals surface area contributed by atoms with Crippen LogP contribution in [0.3, 0.4) is 0 Å². The first-order valence-corrected chi connectivity index (χ1v) is 19.7. The zero-order valence-corrected chi connectivity index (χ0v) is 31.2. The standard InChI is InChI=1S/C51H33N3S/c1-51(2)41-28-25-30-13-6-8-17-34(30)44(41)39-27-24-33(29-42(39)51)36-20-12-21-37-38-26-23-31-14-7-9-18-35(31)47(38)54(48(36)37)50-52-45(32-15-4-3-5-16-32)49-46(53-50)40-19-10-11-22-43(40)55-49/h3-29H,1-2H3. The van der Waals surface area contributed by atoms with Crippen molar-refractivity contribution in [3.63, 3.8) is 0 Å². The molecule has 0 unspecified atom stereocenters. The zero-order valence-electron chi connectivity index (χ0n) is 30.3. The second-order valence-corrected chi connectivity index (χ2v) is 16.4. The lowest BCUT2D eigenvalue weighted by molar-refractivity contribution is 0.661. The smallest absolute Gasteiger partial charge is 0.235 e. The average molecular weight is 720 g/mol. The number of fused-ring (bicyclic) bond motifs is 13. The Morgan fingerprint density at radius 3 is 2.04 bits per heavy atom. The molecule has 1 aliphatic carbocycles. The van der Waals surface area contributed by atoms with E-state index in [1.807, 2.05) is 0 Å². The molecule has 0 amide bonds. The van der Waals surface area contributed by atoms with Crippen molar-refractivity contribution >= 4 is 75.0 Å². The summed E-state index contributed by atoms with van der Waals surface area (Å²) in [6.07, 6.45) is 0. The van der Waals surface area contributed by atoms with E-state index in [9.17, 15) is 0 Å². The van der Waals surface area contributed by atoms with E-state index in [-0.39, 0.29) is 5.41 Å². The van der Waals surface area contributed by atoms with Crippen LogP contribution in [0.15, 0.2) is 164 Å². The van der Waals surface area contributed by atoms with Gasteiger partial charge in [0, 0.05) is 42.8 Å². The van der Waals surface area contributed by atoms with E-state index >= 15 is 0 Å². The molecule has 4 heteroatoms. The average Bonchev–Trinajstić information content (AvgIpc) is 3.86. The number of benzene rings is 8. The first kappa shape index (κ1) is 30.8. The first-order chi connectivity index (χ1) is 27.0. The van der Waals surface area contributed by atoms with Gasteiger partial charge in [-0.15, -0.1) is 11.3 Å². The Labute approximate surface area is 321 Å². The van der Waals surface area contributed by atoms with Gasteiger partial charge in [0.05, 0.1) is 26.9 Å². The molecule has 0 bridgehead atoms. The van der Waals surface area contributed by atoms with E-state index < -0.39 is 0 Å². The normalized spacial score (nSPS) is 13.4. The molecule has 258 valence electrons. The van der Waals surface area contributed by atoms with Crippen molar-refractivity contribution in [2.24, 2.45) is 0 Å². The molecule has 0 fully saturated rings. The van der Waals surface area contributed by atoms with Crippen LogP contribution in [0, 0.1) is 0 Å². The quantitative estimate of drug-likeness (QED) is 0.182. The number of aromatic nitrogens is 3. The van der Waals surface area contributed by atoms with Crippen LogP contribution in [0.2, 0.25) is 0 Å². The third kappa shape index (κ3) is 4.26. The van der Waals surface area contributed by atoms with Crippen LogP contribution in [-0.4, -0.2) is 14.5 Å². The van der Waals surface area contributed by atoms with E-state index in [0.717, 1.165) is 43.5 Å². The molecule has 3 aromatic heterocycles. The lowest BCUT2D eigenvalue weighted by Gasteiger charge is -2.22. The lowest BCUT2D eigenvalue weighted by Crippen LogP contribution is -2.15. The van der Waals surface area contributed by atoms with E-state index in [1.54, 1.807) is 11.3 Å². The molecule has 1 aliphatic rings. The van der Waals surface area contributed by atoms with Crippen LogP contribution in [0.1, 0.15) is 25.0 Å². The van der Waals surface area contributed by atoms with Crippen LogP contribution in [0.5, 0.6) is 0 Å². The third-order valence-electron chi connectivity index (χ3n) is 12.0. The Morgan fingerprint density at radius 1 is 0.491 bits per heavy atom. The summed E-state index contributed by atoms with van der Waals surface area (Å²) < 4.78 is 4.68. The van der Waals surface area contributed by atoms with Gasteiger partial charge in [0.2, 0.25) is 5.95 Å². The lowest BCUT2D eigenvalue weighted by atomic mass is 9.81. The molecule has 0 saturated heterocycles. The van der Waals surface area contributed by atoms with Gasteiger partial charge in [0.25, 0.3) is 0 Å². The van der Waals surface area contributed by atoms with Gasteiger partial charge in [-0.1, -0.05) is 166 Å². The maximum absolute atomic E-state index is 5.55. The highest BCUT2D eigenvalue weighted by atomic mass is 32.1. The van der Waals surface area contributed by atoms with Crippen molar-refractivity contribution in [2.75, 3.05) is 0 Å². The Balaban J connectivity index is 1.20. The number of rotatable bonds is 3. The Bertz CT molecular complexity index is 3400. The summed E-state index contributed by atoms with van der Waals surface area (Å²) in [6, 6.07) is 59.7. The second-order valence-electron chi connectivity index (χ2n) is 15.3. The first-order valence-electron chi connectivity index (χ1n) is 18.9. The molecule has 11 aromatic rings. The maximum atomic E-state index is 5.55. The van der Waals surface area contributed by atoms with Crippen molar-refractivity contribution in [2.45, 2.75) is 19.3 Å². The summed E-state index contributed by atoms with van der Waals surface area (Å²) in [5.74, 6) is 0.680. The minimum Gasteiger partial charge on any atom is -0.277 e. The Morgan fingerprint density at radius 2 is 1.18 bits per heavy atom. The van der Waals surface area contributed by atoms with Crippen molar-refractivity contribution < 1.29 is 0 Å². The molecule has 0 atom stereocenters. The molecule has 0 radical (unpaired) electrons. The maximum Gasteiger partial charge on any atom is 0.235 e. The van der Waals surface area contributed by atoms with Gasteiger partial charge in [0.1, 0.15) is 0 Å². The zero-order chi connectivity index (χ0) is 36.4. The van der Waals surface area contributed by atoms with Gasteiger partial charge in [-0.3, -0.25) is 4.57 Å². The minimum atomic E-state index is -0.153. The monoisotopic (exact) mass is 719 g/mol. The summed E-state index contributed by atoms with van der Waals surface area (Å²) in [7, 11) is 0. The summed E-state index contributed by atoms with van der Waals surface area (Å²) >= 11 is 1.77. The van der Waals surface area contributed by atoms with Crippen LogP contribution < -0.4 is 0 Å². The number of nitrogens with zero attached hydrogens (tertiary/aromatic N) is 3. The van der Waals surface area contributed by atoms with Gasteiger partial charge in [-0.2, -0.15) is 0 Å². The fourth-order valence-electron chi connectivity index (χ4n) is 9.41. The van der Waals surface area contributed by atoms with Gasteiger partial charge >= 0.3 is 0 Å². The predicted molar refractivity (Wildman–Crippen MR) is 233 cm³/mol. The largest absolute Gasteiger partial charge is 0.277 e. The second kappa shape index (κ2) is 11.2. The molecule has 0 saturated carbocycles. The van der Waals surface area contributed by atoms with E-state index in [2.05, 4.69) is 182 Å². The van der Waals surface area contributed by atoms with Gasteiger partial charge in [-0.25, -0.2) is 9.97 Å². The fraction of sp³-hybridized carbons (Fsp3) is 0.0588. The molecule has 55 heavy (non-hydrogen) atoms. The highest BCUT2D eigenvalue weighted by Gasteiger charge is 2.37. The highest BCUT2D eigenvalue weighted by molar-refractivity contribution is 7.26. The summed E-state index contributed by atoms with van der Waals surface area (Å²) in [6.45, 7) is 4.75. The predicted octanol–water partition coefficient (Wildman–Crippen LogP) is 13.9. The van der Waals surface area contributed by atoms with E-state index in [1.165, 1.54) is 64.8 Å². The fourth-order valence-corrected chi connectivity index (χ4v) is 10.6. The third-order valence-corrected chi connectivity index (χ3v) is 13.2. The van der Waals surface area contributed by atoms with Crippen molar-refractivity contribution in [3.8, 4) is 39.5 Å². The van der Waals surface area contributed by atoms with Crippen molar-refractivity contribution in [1.29, 1.82) is 0 Å². The summed E-state index contributed by atoms with van der Waals surface area (Å²) in [5, 5.41) is 8.50. The number of para-hydroxylation sites is 1. The van der Waals surface area contributed by atoms with Crippen LogP contribution in [0.4, 0.5) is 0 Å². The topological polar surface area (TPSA) is 30.7 Å². The summed E-state index contributed by atoms with van der Waals surface area (Å²) in [5.41, 5.74) is 12.9. The van der Waals surface area contributed by atoms with Gasteiger partial charge in [0.15, 0.2) is 0 Å². The Hall–Kier alpha value is -6.62. The molecule has 0 aliphatic heterocycles. The van der Waals surface area contributed by atoms with E-state index in [4.69, 9.17) is 9.97 Å². The van der Waals surface area contributed by atoms with Crippen LogP contribution in [0.25, 0.3) is 103 Å². The van der Waals surface area contributed by atoms with Crippen molar-refractivity contribution in [1.82, 2.24) is 14.5 Å². The highest BCUT2D eigenvalue weighted by Crippen LogP contribution is 2.53. The van der Waals surface area contributed by atoms with Gasteiger partial charge in [-0.05, 0) is 56.1 Å². The molecular formula is C51H33N3S. The molecular weight excluding hydrogens is 687 g/mol. The molecule has 0 spiro atoms. The molecule has 8 aromatic carbocycles. The summed E-state index contributed by atoms with van der Waals surface area (Å²) in [4.78, 5) is 11.1. The van der Waals surface area contributed by atoms with Crippen LogP contribution in [-0.2, 0) is 5.41 Å². The van der Waals surface area contributed by atoms with E-state index in [0.29, 0.717) is 5.95 Å². The van der Waals surface area contributed by atoms with Gasteiger partial charge < -0.3 is 0 Å². The molecule has 12 rings (SSSR count).